The van der Waals surface area contributed by atoms with Gasteiger partial charge in [-0.25, -0.2) is 4.39 Å². The van der Waals surface area contributed by atoms with Gasteiger partial charge in [-0.15, -0.1) is 0 Å². The Kier molecular flexibility index (Phi) is 3.28. The molecular formula is C14H12FNO2. The zero-order valence-electron chi connectivity index (χ0n) is 9.81. The van der Waals surface area contributed by atoms with Crippen LogP contribution < -0.4 is 10.5 Å². The quantitative estimate of drug-likeness (QED) is 0.903. The molecule has 0 fully saturated rings. The van der Waals surface area contributed by atoms with Gasteiger partial charge in [0, 0.05) is 11.1 Å². The number of methoxy groups -OCH3 is 1. The molecule has 0 heterocycles. The van der Waals surface area contributed by atoms with Crippen molar-refractivity contribution in [3.8, 4) is 16.9 Å². The zero-order chi connectivity index (χ0) is 13.1. The Labute approximate surface area is 104 Å². The second-order valence-electron chi connectivity index (χ2n) is 3.79. The van der Waals surface area contributed by atoms with Crippen molar-refractivity contribution in [1.82, 2.24) is 0 Å². The minimum Gasteiger partial charge on any atom is -0.497 e. The Morgan fingerprint density at radius 1 is 1.22 bits per heavy atom. The van der Waals surface area contributed by atoms with Gasteiger partial charge in [0.1, 0.15) is 11.6 Å². The molecule has 0 unspecified atom stereocenters. The number of carbonyl (C=O) groups excluding carboxylic acids is 1. The topological polar surface area (TPSA) is 52.3 Å². The summed E-state index contributed by atoms with van der Waals surface area (Å²) in [5, 5.41) is 0. The number of nitrogens with two attached hydrogens (primary N) is 1. The highest BCUT2D eigenvalue weighted by molar-refractivity contribution is 5.94. The average molecular weight is 245 g/mol. The first kappa shape index (κ1) is 12.1. The highest BCUT2D eigenvalue weighted by Crippen LogP contribution is 2.27. The van der Waals surface area contributed by atoms with Crippen LogP contribution in [0.4, 0.5) is 4.39 Å². The third-order valence-electron chi connectivity index (χ3n) is 2.63. The van der Waals surface area contributed by atoms with E-state index in [0.29, 0.717) is 22.4 Å². The fourth-order valence-electron chi connectivity index (χ4n) is 1.69. The lowest BCUT2D eigenvalue weighted by Gasteiger charge is -2.07. The summed E-state index contributed by atoms with van der Waals surface area (Å²) in [7, 11) is 1.51. The number of rotatable bonds is 3. The zero-order valence-corrected chi connectivity index (χ0v) is 9.81. The van der Waals surface area contributed by atoms with E-state index >= 15 is 0 Å². The van der Waals surface area contributed by atoms with Gasteiger partial charge in [0.2, 0.25) is 5.91 Å². The van der Waals surface area contributed by atoms with E-state index in [1.54, 1.807) is 30.3 Å². The molecule has 2 rings (SSSR count). The highest BCUT2D eigenvalue weighted by atomic mass is 19.1. The molecule has 0 radical (unpaired) electrons. The van der Waals surface area contributed by atoms with Gasteiger partial charge in [-0.1, -0.05) is 12.1 Å². The van der Waals surface area contributed by atoms with Crippen LogP contribution in [-0.2, 0) is 0 Å². The largest absolute Gasteiger partial charge is 0.497 e. The second kappa shape index (κ2) is 4.87. The van der Waals surface area contributed by atoms with E-state index < -0.39 is 5.91 Å². The Bertz CT molecular complexity index is 596. The number of ether oxygens (including phenoxy) is 1. The molecular weight excluding hydrogens is 233 g/mol. The maximum atomic E-state index is 13.8. The van der Waals surface area contributed by atoms with Crippen LogP contribution in [0.1, 0.15) is 10.4 Å². The summed E-state index contributed by atoms with van der Waals surface area (Å²) < 4.78 is 18.8. The molecule has 0 spiro atoms. The lowest BCUT2D eigenvalue weighted by atomic mass is 10.0. The first-order chi connectivity index (χ1) is 8.61. The maximum absolute atomic E-state index is 13.8. The second-order valence-corrected chi connectivity index (χ2v) is 3.79. The minimum absolute atomic E-state index is 0.342. The third kappa shape index (κ3) is 2.32. The standard InChI is InChI=1S/C14H12FNO2/c1-18-11-5-6-13(15)12(8-11)9-3-2-4-10(7-9)14(16)17/h2-8H,1H3,(H2,16,17). The summed E-state index contributed by atoms with van der Waals surface area (Å²) >= 11 is 0. The van der Waals surface area contributed by atoms with Crippen molar-refractivity contribution in [2.24, 2.45) is 5.73 Å². The maximum Gasteiger partial charge on any atom is 0.248 e. The summed E-state index contributed by atoms with van der Waals surface area (Å²) in [5.41, 5.74) is 6.50. The number of hydrogen-bond acceptors (Lipinski definition) is 2. The van der Waals surface area contributed by atoms with Crippen LogP contribution in [0.15, 0.2) is 42.5 Å². The van der Waals surface area contributed by atoms with Crippen molar-refractivity contribution < 1.29 is 13.9 Å². The van der Waals surface area contributed by atoms with Gasteiger partial charge in [0.05, 0.1) is 7.11 Å². The summed E-state index contributed by atoms with van der Waals surface area (Å²) in [5.74, 6) is -0.367. The Morgan fingerprint density at radius 2 is 2.00 bits per heavy atom. The average Bonchev–Trinajstić information content (AvgIpc) is 2.39. The molecule has 0 aliphatic rings. The predicted molar refractivity (Wildman–Crippen MR) is 66.9 cm³/mol. The number of carbonyl (C=O) groups is 1. The molecule has 2 aromatic rings. The fourth-order valence-corrected chi connectivity index (χ4v) is 1.69. The van der Waals surface area contributed by atoms with E-state index in [2.05, 4.69) is 0 Å². The van der Waals surface area contributed by atoms with Crippen molar-refractivity contribution in [2.45, 2.75) is 0 Å². The summed E-state index contributed by atoms with van der Waals surface area (Å²) in [6, 6.07) is 11.0. The van der Waals surface area contributed by atoms with Crippen molar-refractivity contribution in [2.75, 3.05) is 7.11 Å². The van der Waals surface area contributed by atoms with Crippen molar-refractivity contribution in [1.29, 1.82) is 0 Å². The van der Waals surface area contributed by atoms with E-state index in [4.69, 9.17) is 10.5 Å². The molecule has 0 atom stereocenters. The number of hydrogen-bond donors (Lipinski definition) is 1. The van der Waals surface area contributed by atoms with E-state index in [1.165, 1.54) is 19.2 Å². The lowest BCUT2D eigenvalue weighted by Crippen LogP contribution is -2.10. The molecule has 0 aliphatic heterocycles. The van der Waals surface area contributed by atoms with E-state index in [9.17, 15) is 9.18 Å². The number of halogens is 1. The van der Waals surface area contributed by atoms with Crippen LogP contribution in [0.5, 0.6) is 5.75 Å². The van der Waals surface area contributed by atoms with E-state index in [0.717, 1.165) is 0 Å². The molecule has 0 saturated carbocycles. The SMILES string of the molecule is COc1ccc(F)c(-c2cccc(C(N)=O)c2)c1. The molecule has 0 saturated heterocycles. The lowest BCUT2D eigenvalue weighted by molar-refractivity contribution is 0.100. The molecule has 92 valence electrons. The van der Waals surface area contributed by atoms with Crippen LogP contribution in [0.3, 0.4) is 0 Å². The normalized spacial score (nSPS) is 10.1. The third-order valence-corrected chi connectivity index (χ3v) is 2.63. The van der Waals surface area contributed by atoms with Gasteiger partial charge in [0.15, 0.2) is 0 Å². The van der Waals surface area contributed by atoms with Gasteiger partial charge in [-0.2, -0.15) is 0 Å². The molecule has 2 aromatic carbocycles. The van der Waals surface area contributed by atoms with Crippen molar-refractivity contribution in [3.05, 3.63) is 53.8 Å². The number of amides is 1. The van der Waals surface area contributed by atoms with Crippen LogP contribution >= 0.6 is 0 Å². The molecule has 0 aliphatic carbocycles. The van der Waals surface area contributed by atoms with Crippen LogP contribution in [0.25, 0.3) is 11.1 Å². The van der Waals surface area contributed by atoms with Gasteiger partial charge < -0.3 is 10.5 Å². The first-order valence-corrected chi connectivity index (χ1v) is 5.35. The van der Waals surface area contributed by atoms with Crippen LogP contribution in [0, 0.1) is 5.82 Å². The van der Waals surface area contributed by atoms with Gasteiger partial charge in [-0.3, -0.25) is 4.79 Å². The monoisotopic (exact) mass is 245 g/mol. The van der Waals surface area contributed by atoms with Crippen LogP contribution in [-0.4, -0.2) is 13.0 Å². The van der Waals surface area contributed by atoms with Gasteiger partial charge in [-0.05, 0) is 35.9 Å². The molecule has 3 nitrogen and oxygen atoms in total. The molecule has 2 N–H and O–H groups in total. The molecule has 1 amide bonds. The minimum atomic E-state index is -0.542. The van der Waals surface area contributed by atoms with Crippen LogP contribution in [0.2, 0.25) is 0 Å². The summed E-state index contributed by atoms with van der Waals surface area (Å²) in [6.45, 7) is 0. The Morgan fingerprint density at radius 3 is 2.67 bits per heavy atom. The number of benzene rings is 2. The van der Waals surface area contributed by atoms with Crippen molar-refractivity contribution in [3.63, 3.8) is 0 Å². The molecule has 0 aromatic heterocycles. The smallest absolute Gasteiger partial charge is 0.248 e. The fraction of sp³-hybridized carbons (Fsp3) is 0.0714. The first-order valence-electron chi connectivity index (χ1n) is 5.35. The summed E-state index contributed by atoms with van der Waals surface area (Å²) in [4.78, 5) is 11.1. The van der Waals surface area contributed by atoms with E-state index in [-0.39, 0.29) is 5.82 Å². The van der Waals surface area contributed by atoms with Gasteiger partial charge >= 0.3 is 0 Å². The number of primary amides is 1. The Balaban J connectivity index is 2.54. The molecule has 0 bridgehead atoms. The molecule has 4 heteroatoms. The highest BCUT2D eigenvalue weighted by Gasteiger charge is 2.08. The predicted octanol–water partition coefficient (Wildman–Crippen LogP) is 2.60. The molecule has 18 heavy (non-hydrogen) atoms. The van der Waals surface area contributed by atoms with E-state index in [1.807, 2.05) is 0 Å². The van der Waals surface area contributed by atoms with Gasteiger partial charge in [0.25, 0.3) is 0 Å². The summed E-state index contributed by atoms with van der Waals surface area (Å²) in [6.07, 6.45) is 0. The van der Waals surface area contributed by atoms with Crippen molar-refractivity contribution >= 4 is 5.91 Å². The Hall–Kier alpha value is -2.36.